The van der Waals surface area contributed by atoms with Crippen molar-refractivity contribution in [3.05, 3.63) is 29.8 Å². The minimum Gasteiger partial charge on any atom is -0.481 e. The number of hydrogen-bond donors (Lipinski definition) is 2. The normalized spacial score (nSPS) is 17.8. The van der Waals surface area contributed by atoms with E-state index in [0.29, 0.717) is 5.69 Å². The summed E-state index contributed by atoms with van der Waals surface area (Å²) in [5.74, 6) is -1.70. The number of anilines is 1. The van der Waals surface area contributed by atoms with Crippen LogP contribution in [0.15, 0.2) is 24.3 Å². The number of amides is 2. The molecule has 0 spiro atoms. The Kier molecular flexibility index (Phi) is 4.58. The van der Waals surface area contributed by atoms with Gasteiger partial charge in [0.05, 0.1) is 13.0 Å². The Morgan fingerprint density at radius 1 is 1.35 bits per heavy atom. The molecule has 1 aromatic carbocycles. The highest BCUT2D eigenvalue weighted by molar-refractivity contribution is 5.99. The zero-order valence-electron chi connectivity index (χ0n) is 13.3. The van der Waals surface area contributed by atoms with Gasteiger partial charge in [0, 0.05) is 5.69 Å². The number of carbonyl (C=O) groups excluding carboxylic acids is 2. The maximum absolute atomic E-state index is 12.4. The topological polar surface area (TPSA) is 95.9 Å². The number of aliphatic carboxylic acids is 1. The maximum Gasteiger partial charge on any atom is 0.411 e. The monoisotopic (exact) mass is 320 g/mol. The van der Waals surface area contributed by atoms with Crippen LogP contribution in [0.1, 0.15) is 32.8 Å². The summed E-state index contributed by atoms with van der Waals surface area (Å²) in [5.41, 5.74) is 0.547. The highest BCUT2D eigenvalue weighted by atomic mass is 16.6. The molecule has 1 heterocycles. The Bertz CT molecular complexity index is 636. The quantitative estimate of drug-likeness (QED) is 0.871. The number of nitrogens with one attached hydrogen (secondary N) is 1. The molecule has 0 bridgehead atoms. The third-order valence-corrected chi connectivity index (χ3v) is 3.29. The van der Waals surface area contributed by atoms with Gasteiger partial charge in [-0.05, 0) is 32.4 Å². The molecule has 23 heavy (non-hydrogen) atoms. The van der Waals surface area contributed by atoms with E-state index in [-0.39, 0.29) is 6.54 Å². The summed E-state index contributed by atoms with van der Waals surface area (Å²) in [6.07, 6.45) is -1.20. The van der Waals surface area contributed by atoms with Crippen LogP contribution in [0.2, 0.25) is 0 Å². The number of ether oxygens (including phenoxy) is 1. The van der Waals surface area contributed by atoms with Gasteiger partial charge in [-0.15, -0.1) is 0 Å². The first-order valence-electron chi connectivity index (χ1n) is 7.27. The van der Waals surface area contributed by atoms with Gasteiger partial charge in [-0.25, -0.2) is 4.79 Å². The van der Waals surface area contributed by atoms with Gasteiger partial charge in [-0.2, -0.15) is 0 Å². The summed E-state index contributed by atoms with van der Waals surface area (Å²) in [7, 11) is 0. The van der Waals surface area contributed by atoms with Gasteiger partial charge in [0.2, 0.25) is 5.91 Å². The first kappa shape index (κ1) is 16.8. The molecule has 0 aromatic heterocycles. The lowest BCUT2D eigenvalue weighted by molar-refractivity contribution is -0.140. The second kappa shape index (κ2) is 6.28. The SMILES string of the molecule is CC(C)(C)OC(=O)N1Cc2ccccc2NC(=O)C1CC(=O)O. The standard InChI is InChI=1S/C16H20N2O5/c1-16(2,3)23-15(22)18-9-10-6-4-5-7-11(10)17-14(21)12(18)8-13(19)20/h4-7,12H,8-9H2,1-3H3,(H,17,21)(H,19,20). The fourth-order valence-corrected chi connectivity index (χ4v) is 2.31. The molecular formula is C16H20N2O5. The summed E-state index contributed by atoms with van der Waals surface area (Å²) in [6, 6.07) is 5.90. The molecule has 0 saturated carbocycles. The highest BCUT2D eigenvalue weighted by Crippen LogP contribution is 2.25. The van der Waals surface area contributed by atoms with E-state index >= 15 is 0 Å². The molecule has 0 saturated heterocycles. The van der Waals surface area contributed by atoms with Crippen molar-refractivity contribution >= 4 is 23.7 Å². The fourth-order valence-electron chi connectivity index (χ4n) is 2.31. The number of carbonyl (C=O) groups is 3. The molecule has 1 aliphatic rings. The van der Waals surface area contributed by atoms with E-state index in [1.165, 1.54) is 4.90 Å². The van der Waals surface area contributed by atoms with Crippen molar-refractivity contribution in [3.8, 4) is 0 Å². The summed E-state index contributed by atoms with van der Waals surface area (Å²) < 4.78 is 5.32. The Hall–Kier alpha value is -2.57. The smallest absolute Gasteiger partial charge is 0.411 e. The average molecular weight is 320 g/mol. The van der Waals surface area contributed by atoms with Crippen LogP contribution in [0, 0.1) is 0 Å². The zero-order valence-corrected chi connectivity index (χ0v) is 13.3. The van der Waals surface area contributed by atoms with Gasteiger partial charge in [0.15, 0.2) is 0 Å². The van der Waals surface area contributed by atoms with Gasteiger partial charge in [0.1, 0.15) is 11.6 Å². The van der Waals surface area contributed by atoms with Crippen LogP contribution in [0.5, 0.6) is 0 Å². The van der Waals surface area contributed by atoms with Gasteiger partial charge in [-0.1, -0.05) is 18.2 Å². The van der Waals surface area contributed by atoms with Crippen molar-refractivity contribution in [2.24, 2.45) is 0 Å². The number of hydrogen-bond acceptors (Lipinski definition) is 4. The fraction of sp³-hybridized carbons (Fsp3) is 0.438. The Labute approximate surface area is 134 Å². The van der Waals surface area contributed by atoms with Crippen LogP contribution in [0.4, 0.5) is 10.5 Å². The third-order valence-electron chi connectivity index (χ3n) is 3.29. The van der Waals surface area contributed by atoms with Crippen LogP contribution in [-0.2, 0) is 20.9 Å². The lowest BCUT2D eigenvalue weighted by atomic mass is 10.1. The van der Waals surface area contributed by atoms with Gasteiger partial charge in [0.25, 0.3) is 0 Å². The predicted molar refractivity (Wildman–Crippen MR) is 82.9 cm³/mol. The van der Waals surface area contributed by atoms with Crippen LogP contribution < -0.4 is 5.32 Å². The minimum atomic E-state index is -1.16. The van der Waals surface area contributed by atoms with Crippen molar-refractivity contribution in [3.63, 3.8) is 0 Å². The van der Waals surface area contributed by atoms with E-state index in [2.05, 4.69) is 5.32 Å². The van der Waals surface area contributed by atoms with Crippen LogP contribution in [-0.4, -0.2) is 39.6 Å². The summed E-state index contributed by atoms with van der Waals surface area (Å²) in [6.45, 7) is 5.23. The molecule has 0 aliphatic carbocycles. The summed E-state index contributed by atoms with van der Waals surface area (Å²) >= 11 is 0. The van der Waals surface area contributed by atoms with Crippen molar-refractivity contribution < 1.29 is 24.2 Å². The maximum atomic E-state index is 12.4. The second-order valence-corrected chi connectivity index (χ2v) is 6.37. The van der Waals surface area contributed by atoms with E-state index in [9.17, 15) is 14.4 Å². The summed E-state index contributed by atoms with van der Waals surface area (Å²) in [5, 5.41) is 11.7. The summed E-state index contributed by atoms with van der Waals surface area (Å²) in [4.78, 5) is 37.1. The molecule has 124 valence electrons. The van der Waals surface area contributed by atoms with Gasteiger partial charge >= 0.3 is 12.1 Å². The lowest BCUT2D eigenvalue weighted by Crippen LogP contribution is -2.48. The van der Waals surface area contributed by atoms with Crippen molar-refractivity contribution in [1.29, 1.82) is 0 Å². The molecular weight excluding hydrogens is 300 g/mol. The molecule has 7 heteroatoms. The number of benzene rings is 1. The number of para-hydroxylation sites is 1. The van der Waals surface area contributed by atoms with Gasteiger partial charge < -0.3 is 15.2 Å². The lowest BCUT2D eigenvalue weighted by Gasteiger charge is -2.30. The van der Waals surface area contributed by atoms with E-state index in [1.54, 1.807) is 45.0 Å². The zero-order chi connectivity index (χ0) is 17.2. The molecule has 7 nitrogen and oxygen atoms in total. The molecule has 1 atom stereocenters. The number of rotatable bonds is 2. The van der Waals surface area contributed by atoms with Crippen molar-refractivity contribution in [2.75, 3.05) is 5.32 Å². The highest BCUT2D eigenvalue weighted by Gasteiger charge is 2.37. The predicted octanol–water partition coefficient (Wildman–Crippen LogP) is 2.22. The van der Waals surface area contributed by atoms with Crippen LogP contribution >= 0.6 is 0 Å². The van der Waals surface area contributed by atoms with Crippen molar-refractivity contribution in [2.45, 2.75) is 45.4 Å². The number of nitrogens with zero attached hydrogens (tertiary/aromatic N) is 1. The number of fused-ring (bicyclic) bond motifs is 1. The van der Waals surface area contributed by atoms with E-state index in [1.807, 2.05) is 0 Å². The first-order valence-corrected chi connectivity index (χ1v) is 7.27. The molecule has 0 fully saturated rings. The van der Waals surface area contributed by atoms with E-state index < -0.39 is 36.0 Å². The van der Waals surface area contributed by atoms with Crippen molar-refractivity contribution in [1.82, 2.24) is 4.90 Å². The molecule has 0 radical (unpaired) electrons. The molecule has 1 aliphatic heterocycles. The molecule has 1 unspecified atom stereocenters. The Morgan fingerprint density at radius 3 is 2.61 bits per heavy atom. The molecule has 1 aromatic rings. The third kappa shape index (κ3) is 4.21. The van der Waals surface area contributed by atoms with E-state index in [0.717, 1.165) is 5.56 Å². The second-order valence-electron chi connectivity index (χ2n) is 6.37. The number of carboxylic acids is 1. The van der Waals surface area contributed by atoms with Crippen LogP contribution in [0.3, 0.4) is 0 Å². The van der Waals surface area contributed by atoms with Gasteiger partial charge in [-0.3, -0.25) is 14.5 Å². The first-order chi connectivity index (χ1) is 10.7. The Morgan fingerprint density at radius 2 is 2.00 bits per heavy atom. The van der Waals surface area contributed by atoms with E-state index in [4.69, 9.17) is 9.84 Å². The van der Waals surface area contributed by atoms with Crippen LogP contribution in [0.25, 0.3) is 0 Å². The minimum absolute atomic E-state index is 0.0990. The number of carboxylic acid groups (broad SMARTS) is 1. The molecule has 2 amide bonds. The molecule has 2 N–H and O–H groups in total. The molecule has 2 rings (SSSR count). The largest absolute Gasteiger partial charge is 0.481 e. The average Bonchev–Trinajstić information content (AvgIpc) is 2.54. The Balaban J connectivity index is 2.37.